The molecule has 1 unspecified atom stereocenters. The van der Waals surface area contributed by atoms with E-state index >= 15 is 0 Å². The van der Waals surface area contributed by atoms with E-state index in [-0.39, 0.29) is 12.6 Å². The molecule has 2 aromatic rings. The van der Waals surface area contributed by atoms with Gasteiger partial charge in [-0.25, -0.2) is 4.98 Å². The maximum absolute atomic E-state index is 11.2. The first-order valence-corrected chi connectivity index (χ1v) is 7.61. The third kappa shape index (κ3) is 2.65. The fourth-order valence-electron chi connectivity index (χ4n) is 3.31. The molecule has 5 nitrogen and oxygen atoms in total. The van der Waals surface area contributed by atoms with Crippen molar-refractivity contribution in [2.45, 2.75) is 38.8 Å². The molecule has 3 rings (SSSR count). The lowest BCUT2D eigenvalue weighted by atomic mass is 10.2. The maximum Gasteiger partial charge on any atom is 0.323 e. The number of aliphatic carboxylic acids is 1. The van der Waals surface area contributed by atoms with Crippen molar-refractivity contribution in [1.29, 1.82) is 0 Å². The SMILES string of the molecule is CCC(c1nc2ccccc2n1CC(=O)O)N1CCCC1. The van der Waals surface area contributed by atoms with E-state index in [2.05, 4.69) is 11.8 Å². The number of imidazole rings is 1. The van der Waals surface area contributed by atoms with Gasteiger partial charge in [-0.1, -0.05) is 19.1 Å². The van der Waals surface area contributed by atoms with E-state index in [4.69, 9.17) is 4.98 Å². The predicted octanol–water partition coefficient (Wildman–Crippen LogP) is 2.67. The summed E-state index contributed by atoms with van der Waals surface area (Å²) in [5, 5.41) is 9.23. The largest absolute Gasteiger partial charge is 0.480 e. The summed E-state index contributed by atoms with van der Waals surface area (Å²) in [5.41, 5.74) is 1.79. The average molecular weight is 287 g/mol. The lowest BCUT2D eigenvalue weighted by molar-refractivity contribution is -0.137. The van der Waals surface area contributed by atoms with Crippen LogP contribution in [-0.4, -0.2) is 38.6 Å². The van der Waals surface area contributed by atoms with Crippen molar-refractivity contribution in [3.05, 3.63) is 30.1 Å². The van der Waals surface area contributed by atoms with Gasteiger partial charge in [-0.15, -0.1) is 0 Å². The van der Waals surface area contributed by atoms with Crippen LogP contribution >= 0.6 is 0 Å². The Kier molecular flexibility index (Phi) is 3.92. The van der Waals surface area contributed by atoms with Crippen LogP contribution < -0.4 is 0 Å². The number of carboxylic acid groups (broad SMARTS) is 1. The van der Waals surface area contributed by atoms with Gasteiger partial charge in [0.1, 0.15) is 12.4 Å². The summed E-state index contributed by atoms with van der Waals surface area (Å²) in [4.78, 5) is 18.4. The molecule has 5 heteroatoms. The molecule has 1 atom stereocenters. The van der Waals surface area contributed by atoms with Crippen molar-refractivity contribution in [2.75, 3.05) is 13.1 Å². The lowest BCUT2D eigenvalue weighted by Crippen LogP contribution is -2.28. The van der Waals surface area contributed by atoms with E-state index in [0.29, 0.717) is 0 Å². The number of benzene rings is 1. The molecular formula is C16H21N3O2. The summed E-state index contributed by atoms with van der Waals surface area (Å²) in [6.45, 7) is 4.27. The van der Waals surface area contributed by atoms with Crippen molar-refractivity contribution in [1.82, 2.24) is 14.5 Å². The van der Waals surface area contributed by atoms with Gasteiger partial charge >= 0.3 is 5.97 Å². The first kappa shape index (κ1) is 14.1. The number of carbonyl (C=O) groups is 1. The van der Waals surface area contributed by atoms with Crippen molar-refractivity contribution < 1.29 is 9.90 Å². The summed E-state index contributed by atoms with van der Waals surface area (Å²) in [6, 6.07) is 7.99. The van der Waals surface area contributed by atoms with Crippen LogP contribution in [0.2, 0.25) is 0 Å². The Morgan fingerprint density at radius 3 is 2.71 bits per heavy atom. The molecule has 21 heavy (non-hydrogen) atoms. The molecule has 0 amide bonds. The number of likely N-dealkylation sites (tertiary alicyclic amines) is 1. The second-order valence-electron chi connectivity index (χ2n) is 5.61. The van der Waals surface area contributed by atoms with Crippen molar-refractivity contribution in [2.24, 2.45) is 0 Å². The fraction of sp³-hybridized carbons (Fsp3) is 0.500. The molecule has 1 aromatic heterocycles. The van der Waals surface area contributed by atoms with Gasteiger partial charge in [0.2, 0.25) is 0 Å². The van der Waals surface area contributed by atoms with E-state index in [0.717, 1.165) is 36.4 Å². The molecule has 0 bridgehead atoms. The topological polar surface area (TPSA) is 58.4 Å². The van der Waals surface area contributed by atoms with E-state index < -0.39 is 5.97 Å². The van der Waals surface area contributed by atoms with Crippen LogP contribution in [0, 0.1) is 0 Å². The highest BCUT2D eigenvalue weighted by Gasteiger charge is 2.27. The first-order chi connectivity index (χ1) is 10.2. The van der Waals surface area contributed by atoms with Crippen LogP contribution in [0.25, 0.3) is 11.0 Å². The molecule has 2 heterocycles. The quantitative estimate of drug-likeness (QED) is 0.918. The number of aromatic nitrogens is 2. The van der Waals surface area contributed by atoms with Gasteiger partial charge in [0.15, 0.2) is 0 Å². The van der Waals surface area contributed by atoms with Gasteiger partial charge < -0.3 is 9.67 Å². The molecule has 1 aromatic carbocycles. The van der Waals surface area contributed by atoms with Gasteiger partial charge in [0, 0.05) is 0 Å². The molecule has 1 aliphatic heterocycles. The van der Waals surface area contributed by atoms with Crippen LogP contribution in [-0.2, 0) is 11.3 Å². The zero-order chi connectivity index (χ0) is 14.8. The number of hydrogen-bond donors (Lipinski definition) is 1. The van der Waals surface area contributed by atoms with Crippen molar-refractivity contribution in [3.63, 3.8) is 0 Å². The summed E-state index contributed by atoms with van der Waals surface area (Å²) in [5.74, 6) is 0.0682. The Bertz CT molecular complexity index is 644. The number of fused-ring (bicyclic) bond motifs is 1. The summed E-state index contributed by atoms with van der Waals surface area (Å²) >= 11 is 0. The highest BCUT2D eigenvalue weighted by molar-refractivity contribution is 5.78. The fourth-order valence-corrected chi connectivity index (χ4v) is 3.31. The van der Waals surface area contributed by atoms with Crippen LogP contribution in [0.5, 0.6) is 0 Å². The van der Waals surface area contributed by atoms with Crippen molar-refractivity contribution >= 4 is 17.0 Å². The molecule has 0 saturated carbocycles. The molecular weight excluding hydrogens is 266 g/mol. The summed E-state index contributed by atoms with van der Waals surface area (Å²) in [6.07, 6.45) is 3.38. The van der Waals surface area contributed by atoms with Crippen LogP contribution in [0.3, 0.4) is 0 Å². The third-order valence-electron chi connectivity index (χ3n) is 4.24. The Morgan fingerprint density at radius 1 is 1.33 bits per heavy atom. The van der Waals surface area contributed by atoms with Gasteiger partial charge in [-0.3, -0.25) is 9.69 Å². The standard InChI is InChI=1S/C16H21N3O2/c1-2-13(18-9-5-6-10-18)16-17-12-7-3-4-8-14(12)19(16)11-15(20)21/h3-4,7-8,13H,2,5-6,9-11H2,1H3,(H,20,21). The smallest absolute Gasteiger partial charge is 0.323 e. The molecule has 1 saturated heterocycles. The van der Waals surface area contributed by atoms with E-state index in [1.807, 2.05) is 28.8 Å². The molecule has 1 aliphatic rings. The van der Waals surface area contributed by atoms with E-state index in [1.54, 1.807) is 0 Å². The minimum absolute atomic E-state index is 0.0276. The minimum Gasteiger partial charge on any atom is -0.480 e. The minimum atomic E-state index is -0.823. The molecule has 0 aliphatic carbocycles. The molecule has 0 spiro atoms. The van der Waals surface area contributed by atoms with E-state index in [1.165, 1.54) is 12.8 Å². The Labute approximate surface area is 124 Å². The van der Waals surface area contributed by atoms with Crippen LogP contribution in [0.15, 0.2) is 24.3 Å². The molecule has 1 N–H and O–H groups in total. The molecule has 1 fully saturated rings. The zero-order valence-electron chi connectivity index (χ0n) is 12.3. The van der Waals surface area contributed by atoms with E-state index in [9.17, 15) is 9.90 Å². The second kappa shape index (κ2) is 5.85. The number of nitrogens with zero attached hydrogens (tertiary/aromatic N) is 3. The first-order valence-electron chi connectivity index (χ1n) is 7.61. The van der Waals surface area contributed by atoms with Crippen molar-refractivity contribution in [3.8, 4) is 0 Å². The second-order valence-corrected chi connectivity index (χ2v) is 5.61. The monoisotopic (exact) mass is 287 g/mol. The Balaban J connectivity index is 2.08. The molecule has 112 valence electrons. The van der Waals surface area contributed by atoms with Gasteiger partial charge in [0.05, 0.1) is 17.1 Å². The number of para-hydroxylation sites is 2. The number of carboxylic acids is 1. The zero-order valence-corrected chi connectivity index (χ0v) is 12.3. The predicted molar refractivity (Wildman–Crippen MR) is 81.2 cm³/mol. The summed E-state index contributed by atoms with van der Waals surface area (Å²) in [7, 11) is 0. The number of rotatable bonds is 5. The van der Waals surface area contributed by atoms with Gasteiger partial charge in [-0.2, -0.15) is 0 Å². The lowest BCUT2D eigenvalue weighted by Gasteiger charge is -2.26. The third-order valence-corrected chi connectivity index (χ3v) is 4.24. The van der Waals surface area contributed by atoms with Crippen LogP contribution in [0.4, 0.5) is 0 Å². The molecule has 0 radical (unpaired) electrons. The average Bonchev–Trinajstić information content (AvgIpc) is 3.09. The van der Waals surface area contributed by atoms with Crippen LogP contribution in [0.1, 0.15) is 38.1 Å². The Hall–Kier alpha value is -1.88. The number of hydrogen-bond acceptors (Lipinski definition) is 3. The highest BCUT2D eigenvalue weighted by Crippen LogP contribution is 2.30. The highest BCUT2D eigenvalue weighted by atomic mass is 16.4. The summed E-state index contributed by atoms with van der Waals surface area (Å²) < 4.78 is 1.87. The van der Waals surface area contributed by atoms with Gasteiger partial charge in [0.25, 0.3) is 0 Å². The normalized spacial score (nSPS) is 17.4. The Morgan fingerprint density at radius 2 is 2.05 bits per heavy atom. The maximum atomic E-state index is 11.2. The van der Waals surface area contributed by atoms with Gasteiger partial charge in [-0.05, 0) is 44.5 Å².